The van der Waals surface area contributed by atoms with Gasteiger partial charge in [-0.3, -0.25) is 0 Å². The van der Waals surface area contributed by atoms with Gasteiger partial charge in [-0.05, 0) is 0 Å². The maximum absolute atomic E-state index is 11.7. The van der Waals surface area contributed by atoms with Gasteiger partial charge < -0.3 is 0 Å². The molecule has 1 heterocycles. The molecule has 4 nitrogen and oxygen atoms in total. The normalized spacial score (nSPS) is 18.4. The molecule has 0 unspecified atom stereocenters. The van der Waals surface area contributed by atoms with Crippen molar-refractivity contribution in [3.8, 4) is 0 Å². The molecule has 1 aromatic rings. The SMILES string of the molecule is CC(C)(C)C1=CC(=Cc2c(N)c(=O)c2=O)C([SeH])=C(C(C)(C)C)O1. The van der Waals surface area contributed by atoms with Gasteiger partial charge in [0.2, 0.25) is 0 Å². The Hall–Kier alpha value is -1.58. The fourth-order valence-electron chi connectivity index (χ4n) is 2.24. The average Bonchev–Trinajstić information content (AvgIpc) is 2.42. The topological polar surface area (TPSA) is 69.4 Å². The zero-order chi connectivity index (χ0) is 17.7. The Morgan fingerprint density at radius 2 is 1.61 bits per heavy atom. The molecular formula is C18H23NO3Se. The van der Waals surface area contributed by atoms with E-state index in [-0.39, 0.29) is 22.1 Å². The van der Waals surface area contributed by atoms with Gasteiger partial charge in [-0.25, -0.2) is 0 Å². The second-order valence-electron chi connectivity index (χ2n) is 7.87. The van der Waals surface area contributed by atoms with Crippen molar-refractivity contribution in [2.75, 3.05) is 5.73 Å². The van der Waals surface area contributed by atoms with Crippen LogP contribution in [0.15, 0.2) is 37.2 Å². The van der Waals surface area contributed by atoms with Gasteiger partial charge in [0.25, 0.3) is 0 Å². The molecule has 2 N–H and O–H groups in total. The zero-order valence-corrected chi connectivity index (χ0v) is 16.3. The molecule has 0 aliphatic carbocycles. The van der Waals surface area contributed by atoms with Gasteiger partial charge in [-0.1, -0.05) is 0 Å². The molecule has 23 heavy (non-hydrogen) atoms. The van der Waals surface area contributed by atoms with E-state index in [0.717, 1.165) is 21.6 Å². The number of anilines is 1. The van der Waals surface area contributed by atoms with Crippen molar-refractivity contribution in [2.24, 2.45) is 10.8 Å². The van der Waals surface area contributed by atoms with E-state index >= 15 is 0 Å². The van der Waals surface area contributed by atoms with Crippen LogP contribution in [-0.2, 0) is 4.74 Å². The molecular weight excluding hydrogens is 357 g/mol. The molecule has 0 saturated carbocycles. The van der Waals surface area contributed by atoms with Crippen LogP contribution in [0.4, 0.5) is 5.69 Å². The molecule has 1 aromatic carbocycles. The number of ether oxygens (including phenoxy) is 1. The first-order valence-electron chi connectivity index (χ1n) is 7.48. The van der Waals surface area contributed by atoms with Crippen LogP contribution < -0.4 is 16.6 Å². The fourth-order valence-corrected chi connectivity index (χ4v) is 3.31. The van der Waals surface area contributed by atoms with E-state index in [1.54, 1.807) is 6.08 Å². The summed E-state index contributed by atoms with van der Waals surface area (Å²) in [6, 6.07) is 0. The van der Waals surface area contributed by atoms with E-state index in [2.05, 4.69) is 57.6 Å². The first-order chi connectivity index (χ1) is 10.3. The molecule has 5 heteroatoms. The van der Waals surface area contributed by atoms with Crippen LogP contribution in [0.3, 0.4) is 0 Å². The van der Waals surface area contributed by atoms with Crippen LogP contribution in [0, 0.1) is 10.8 Å². The molecule has 0 aromatic heterocycles. The monoisotopic (exact) mass is 381 g/mol. The van der Waals surface area contributed by atoms with Gasteiger partial charge in [-0.15, -0.1) is 0 Å². The molecule has 0 saturated heterocycles. The molecule has 0 atom stereocenters. The predicted octanol–water partition coefficient (Wildman–Crippen LogP) is 2.37. The van der Waals surface area contributed by atoms with Gasteiger partial charge in [0.05, 0.1) is 0 Å². The molecule has 0 amide bonds. The summed E-state index contributed by atoms with van der Waals surface area (Å²) in [6.45, 7) is 12.4. The van der Waals surface area contributed by atoms with E-state index in [0.29, 0.717) is 0 Å². The average molecular weight is 380 g/mol. The first kappa shape index (κ1) is 17.8. The summed E-state index contributed by atoms with van der Waals surface area (Å²) in [7, 11) is 0. The summed E-state index contributed by atoms with van der Waals surface area (Å²) in [4.78, 5) is 23.0. The zero-order valence-electron chi connectivity index (χ0n) is 14.4. The second-order valence-corrected chi connectivity index (χ2v) is 8.81. The number of hydrogen-bond acceptors (Lipinski definition) is 4. The number of allylic oxidation sites excluding steroid dienone is 5. The van der Waals surface area contributed by atoms with Crippen LogP contribution >= 0.6 is 0 Å². The van der Waals surface area contributed by atoms with Gasteiger partial charge in [-0.2, -0.15) is 0 Å². The summed E-state index contributed by atoms with van der Waals surface area (Å²) in [5.41, 5.74) is 5.32. The van der Waals surface area contributed by atoms with Gasteiger partial charge in [0.15, 0.2) is 0 Å². The summed E-state index contributed by atoms with van der Waals surface area (Å²) >= 11 is 2.50. The van der Waals surface area contributed by atoms with Crippen molar-refractivity contribution < 1.29 is 4.74 Å². The summed E-state index contributed by atoms with van der Waals surface area (Å²) in [5.74, 6) is 1.66. The van der Waals surface area contributed by atoms with Crippen molar-refractivity contribution in [2.45, 2.75) is 41.5 Å². The minimum absolute atomic E-state index is 0.0392. The molecule has 0 fully saturated rings. The molecule has 2 rings (SSSR count). The molecule has 1 aliphatic heterocycles. The standard InChI is InChI=1S/C18H23NO3Se/c1-17(2,3)11-8-9(7-10-12(19)14(21)13(10)20)15(23)16(22-11)18(4,5)6/h7-8,23H,19H2,1-6H3. The minimum atomic E-state index is -0.601. The van der Waals surface area contributed by atoms with E-state index in [1.807, 2.05) is 6.08 Å². The Bertz CT molecular complexity index is 820. The van der Waals surface area contributed by atoms with Crippen molar-refractivity contribution in [3.05, 3.63) is 53.6 Å². The summed E-state index contributed by atoms with van der Waals surface area (Å²) in [6.07, 6.45) is 3.60. The van der Waals surface area contributed by atoms with Crippen LogP contribution in [0.5, 0.6) is 0 Å². The van der Waals surface area contributed by atoms with Crippen LogP contribution in [0.1, 0.15) is 47.1 Å². The van der Waals surface area contributed by atoms with Crippen LogP contribution in [-0.4, -0.2) is 16.0 Å². The molecule has 0 radical (unpaired) electrons. The molecule has 1 aliphatic rings. The summed E-state index contributed by atoms with van der Waals surface area (Å²) < 4.78 is 7.04. The van der Waals surface area contributed by atoms with Crippen molar-refractivity contribution >= 4 is 27.8 Å². The Balaban J connectivity index is 2.65. The Morgan fingerprint density at radius 3 is 2.04 bits per heavy atom. The molecule has 0 spiro atoms. The number of hydrogen-bond donors (Lipinski definition) is 1. The summed E-state index contributed by atoms with van der Waals surface area (Å²) in [5, 5.41) is 0. The van der Waals surface area contributed by atoms with Gasteiger partial charge >= 0.3 is 144 Å². The second kappa shape index (κ2) is 5.50. The third-order valence-electron chi connectivity index (χ3n) is 3.69. The Kier molecular flexibility index (Phi) is 4.25. The van der Waals surface area contributed by atoms with E-state index in [1.165, 1.54) is 0 Å². The van der Waals surface area contributed by atoms with E-state index in [9.17, 15) is 9.59 Å². The third-order valence-corrected chi connectivity index (χ3v) is 4.66. The predicted molar refractivity (Wildman–Crippen MR) is 96.0 cm³/mol. The number of rotatable bonds is 1. The fraction of sp³-hybridized carbons (Fsp3) is 0.444. The third kappa shape index (κ3) is 3.22. The molecule has 0 bridgehead atoms. The van der Waals surface area contributed by atoms with E-state index < -0.39 is 10.9 Å². The van der Waals surface area contributed by atoms with Gasteiger partial charge in [0, 0.05) is 0 Å². The van der Waals surface area contributed by atoms with Gasteiger partial charge in [0.1, 0.15) is 0 Å². The quantitative estimate of drug-likeness (QED) is 0.600. The molecule has 124 valence electrons. The van der Waals surface area contributed by atoms with Crippen molar-refractivity contribution in [3.63, 3.8) is 0 Å². The van der Waals surface area contributed by atoms with Crippen LogP contribution in [0.2, 0.25) is 0 Å². The Labute approximate surface area is 144 Å². The number of nitrogen functional groups attached to an aromatic ring is 1. The van der Waals surface area contributed by atoms with Crippen molar-refractivity contribution in [1.29, 1.82) is 0 Å². The number of nitrogens with two attached hydrogens (primary N) is 1. The van der Waals surface area contributed by atoms with Crippen molar-refractivity contribution in [1.82, 2.24) is 0 Å². The first-order valence-corrected chi connectivity index (χ1v) is 8.42. The Morgan fingerprint density at radius 1 is 1.04 bits per heavy atom. The van der Waals surface area contributed by atoms with E-state index in [4.69, 9.17) is 10.5 Å². The maximum atomic E-state index is 11.7. The van der Waals surface area contributed by atoms with Crippen LogP contribution in [0.25, 0.3) is 6.08 Å².